The Balaban J connectivity index is 2.16. The smallest absolute Gasteiger partial charge is 0.157 e. The zero-order chi connectivity index (χ0) is 12.7. The Labute approximate surface area is 106 Å². The van der Waals surface area contributed by atoms with Crippen LogP contribution in [0, 0.1) is 6.92 Å². The van der Waals surface area contributed by atoms with Crippen LogP contribution in [0.25, 0.3) is 0 Å². The van der Waals surface area contributed by atoms with E-state index in [0.29, 0.717) is 0 Å². The minimum absolute atomic E-state index is 0.208. The van der Waals surface area contributed by atoms with Crippen molar-refractivity contribution in [2.75, 3.05) is 16.8 Å². The number of nitrogens with zero attached hydrogens (tertiary/aromatic N) is 5. The average Bonchev–Trinajstić information content (AvgIpc) is 2.64. The predicted molar refractivity (Wildman–Crippen MR) is 71.0 cm³/mol. The quantitative estimate of drug-likeness (QED) is 0.765. The number of hydrogen-bond acceptors (Lipinski definition) is 5. The molecule has 0 fully saturated rings. The van der Waals surface area contributed by atoms with Crippen molar-refractivity contribution < 1.29 is 0 Å². The van der Waals surface area contributed by atoms with Crippen molar-refractivity contribution in [3.05, 3.63) is 36.5 Å². The Kier molecular flexibility index (Phi) is 2.40. The molecule has 1 aliphatic heterocycles. The fourth-order valence-electron chi connectivity index (χ4n) is 2.37. The van der Waals surface area contributed by atoms with Gasteiger partial charge in [0, 0.05) is 13.2 Å². The normalized spacial score (nSPS) is 18.1. The molecule has 0 aliphatic carbocycles. The van der Waals surface area contributed by atoms with E-state index in [0.717, 1.165) is 22.9 Å². The van der Waals surface area contributed by atoms with E-state index >= 15 is 0 Å². The van der Waals surface area contributed by atoms with Gasteiger partial charge < -0.3 is 9.80 Å². The van der Waals surface area contributed by atoms with E-state index in [2.05, 4.69) is 37.7 Å². The molecular formula is C13H15N5. The van der Waals surface area contributed by atoms with Gasteiger partial charge in [0.05, 0.1) is 17.6 Å². The van der Waals surface area contributed by atoms with Gasteiger partial charge in [-0.15, -0.1) is 0 Å². The highest BCUT2D eigenvalue weighted by Gasteiger charge is 2.33. The summed E-state index contributed by atoms with van der Waals surface area (Å²) in [5.74, 6) is 0.959. The second-order valence-corrected chi connectivity index (χ2v) is 4.45. The maximum atomic E-state index is 4.36. The predicted octanol–water partition coefficient (Wildman–Crippen LogP) is 2.11. The van der Waals surface area contributed by atoms with E-state index in [1.807, 2.05) is 32.4 Å². The van der Waals surface area contributed by atoms with Crippen LogP contribution in [-0.2, 0) is 0 Å². The summed E-state index contributed by atoms with van der Waals surface area (Å²) in [6.45, 7) is 4.16. The molecule has 3 heterocycles. The number of fused-ring (bicyclic) bond motifs is 1. The van der Waals surface area contributed by atoms with Gasteiger partial charge in [-0.3, -0.25) is 4.98 Å². The van der Waals surface area contributed by atoms with Crippen molar-refractivity contribution >= 4 is 17.2 Å². The van der Waals surface area contributed by atoms with Gasteiger partial charge in [-0.1, -0.05) is 0 Å². The van der Waals surface area contributed by atoms with Gasteiger partial charge in [0.2, 0.25) is 0 Å². The van der Waals surface area contributed by atoms with Gasteiger partial charge in [0.1, 0.15) is 18.2 Å². The first-order chi connectivity index (χ1) is 8.70. The van der Waals surface area contributed by atoms with Crippen molar-refractivity contribution in [1.29, 1.82) is 0 Å². The highest BCUT2D eigenvalue weighted by Crippen LogP contribution is 2.41. The molecule has 92 valence electrons. The standard InChI is InChI=1S/C13H15N5/c1-9-11(5-4-6-15-9)18-10(2)17(3)13-12(18)7-14-8-16-13/h4-8,10H,1-3H3. The summed E-state index contributed by atoms with van der Waals surface area (Å²) < 4.78 is 0. The summed E-state index contributed by atoms with van der Waals surface area (Å²) in [6.07, 6.45) is 5.46. The minimum atomic E-state index is 0.208. The van der Waals surface area contributed by atoms with Crippen LogP contribution >= 0.6 is 0 Å². The van der Waals surface area contributed by atoms with E-state index in [1.165, 1.54) is 0 Å². The third kappa shape index (κ3) is 1.44. The van der Waals surface area contributed by atoms with Crippen LogP contribution in [0.2, 0.25) is 0 Å². The molecule has 0 bridgehead atoms. The monoisotopic (exact) mass is 241 g/mol. The number of rotatable bonds is 1. The molecule has 0 aromatic carbocycles. The second kappa shape index (κ2) is 3.94. The molecule has 0 N–H and O–H groups in total. The largest absolute Gasteiger partial charge is 0.337 e. The molecule has 1 unspecified atom stereocenters. The topological polar surface area (TPSA) is 45.2 Å². The molecule has 0 saturated carbocycles. The summed E-state index contributed by atoms with van der Waals surface area (Å²) >= 11 is 0. The van der Waals surface area contributed by atoms with Gasteiger partial charge in [0.25, 0.3) is 0 Å². The lowest BCUT2D eigenvalue weighted by molar-refractivity contribution is 0.726. The number of pyridine rings is 1. The van der Waals surface area contributed by atoms with Crippen LogP contribution in [0.15, 0.2) is 30.9 Å². The number of aryl methyl sites for hydroxylation is 1. The number of aromatic nitrogens is 3. The fourth-order valence-corrected chi connectivity index (χ4v) is 2.37. The van der Waals surface area contributed by atoms with Crippen molar-refractivity contribution in [1.82, 2.24) is 15.0 Å². The third-order valence-electron chi connectivity index (χ3n) is 3.44. The zero-order valence-electron chi connectivity index (χ0n) is 10.7. The Morgan fingerprint density at radius 1 is 1.22 bits per heavy atom. The van der Waals surface area contributed by atoms with Crippen LogP contribution < -0.4 is 9.80 Å². The van der Waals surface area contributed by atoms with Crippen molar-refractivity contribution in [3.63, 3.8) is 0 Å². The number of anilines is 3. The molecule has 2 aromatic heterocycles. The first-order valence-electron chi connectivity index (χ1n) is 5.94. The summed E-state index contributed by atoms with van der Waals surface area (Å²) in [7, 11) is 2.04. The lowest BCUT2D eigenvalue weighted by atomic mass is 10.2. The molecule has 1 atom stereocenters. The average molecular weight is 241 g/mol. The maximum absolute atomic E-state index is 4.36. The Morgan fingerprint density at radius 2 is 2.06 bits per heavy atom. The van der Waals surface area contributed by atoms with Crippen LogP contribution in [0.3, 0.4) is 0 Å². The Morgan fingerprint density at radius 3 is 2.83 bits per heavy atom. The molecule has 3 rings (SSSR count). The molecule has 5 nitrogen and oxygen atoms in total. The van der Waals surface area contributed by atoms with E-state index in [-0.39, 0.29) is 6.17 Å². The van der Waals surface area contributed by atoms with Crippen LogP contribution in [0.4, 0.5) is 17.2 Å². The SMILES string of the molecule is Cc1ncccc1N1c2cncnc2N(C)C1C. The Bertz CT molecular complexity index is 583. The lowest BCUT2D eigenvalue weighted by Gasteiger charge is -2.27. The molecule has 0 radical (unpaired) electrons. The highest BCUT2D eigenvalue weighted by atomic mass is 15.4. The van der Waals surface area contributed by atoms with Gasteiger partial charge >= 0.3 is 0 Å². The van der Waals surface area contributed by atoms with Gasteiger partial charge in [-0.05, 0) is 26.0 Å². The van der Waals surface area contributed by atoms with Crippen LogP contribution in [0.5, 0.6) is 0 Å². The molecule has 0 amide bonds. The molecule has 5 heteroatoms. The minimum Gasteiger partial charge on any atom is -0.337 e. The lowest BCUT2D eigenvalue weighted by Crippen LogP contribution is -2.36. The van der Waals surface area contributed by atoms with E-state index < -0.39 is 0 Å². The molecule has 0 saturated heterocycles. The Hall–Kier alpha value is -2.17. The third-order valence-corrected chi connectivity index (χ3v) is 3.44. The van der Waals surface area contributed by atoms with Crippen molar-refractivity contribution in [2.45, 2.75) is 20.0 Å². The van der Waals surface area contributed by atoms with Crippen LogP contribution in [0.1, 0.15) is 12.6 Å². The molecular weight excluding hydrogens is 226 g/mol. The van der Waals surface area contributed by atoms with E-state index in [9.17, 15) is 0 Å². The summed E-state index contributed by atoms with van der Waals surface area (Å²) in [5.41, 5.74) is 3.14. The van der Waals surface area contributed by atoms with Gasteiger partial charge in [-0.2, -0.15) is 0 Å². The zero-order valence-corrected chi connectivity index (χ0v) is 10.7. The van der Waals surface area contributed by atoms with Crippen molar-refractivity contribution in [3.8, 4) is 0 Å². The second-order valence-electron chi connectivity index (χ2n) is 4.45. The number of hydrogen-bond donors (Lipinski definition) is 0. The van der Waals surface area contributed by atoms with E-state index in [1.54, 1.807) is 6.33 Å². The molecule has 1 aliphatic rings. The van der Waals surface area contributed by atoms with Gasteiger partial charge in [0.15, 0.2) is 5.82 Å². The van der Waals surface area contributed by atoms with Gasteiger partial charge in [-0.25, -0.2) is 9.97 Å². The first kappa shape index (κ1) is 11.0. The summed E-state index contributed by atoms with van der Waals surface area (Å²) in [6, 6.07) is 4.03. The molecule has 2 aromatic rings. The van der Waals surface area contributed by atoms with Crippen molar-refractivity contribution in [2.24, 2.45) is 0 Å². The van der Waals surface area contributed by atoms with Crippen LogP contribution in [-0.4, -0.2) is 28.2 Å². The maximum Gasteiger partial charge on any atom is 0.157 e. The molecule has 18 heavy (non-hydrogen) atoms. The van der Waals surface area contributed by atoms with E-state index in [4.69, 9.17) is 0 Å². The highest BCUT2D eigenvalue weighted by molar-refractivity contribution is 5.80. The summed E-state index contributed by atoms with van der Waals surface area (Å²) in [4.78, 5) is 17.2. The first-order valence-corrected chi connectivity index (χ1v) is 5.94. The fraction of sp³-hybridized carbons (Fsp3) is 0.308. The molecule has 0 spiro atoms. The summed E-state index contributed by atoms with van der Waals surface area (Å²) in [5, 5.41) is 0.